The van der Waals surface area contributed by atoms with Crippen molar-refractivity contribution in [3.63, 3.8) is 0 Å². The highest BCUT2D eigenvalue weighted by molar-refractivity contribution is 5.74. The van der Waals surface area contributed by atoms with E-state index in [9.17, 15) is 9.59 Å². The molecule has 0 fully saturated rings. The number of Topliss-reactive ketones (excluding diaryl/α,β-unsaturated/α-hetero) is 2. The zero-order valence-corrected chi connectivity index (χ0v) is 10.7. The smallest absolute Gasteiger partial charge is 0.153 e. The molecule has 1 unspecified atom stereocenters. The van der Waals surface area contributed by atoms with Crippen LogP contribution in [0.2, 0.25) is 0 Å². The zero-order valence-electron chi connectivity index (χ0n) is 10.7. The van der Waals surface area contributed by atoms with Gasteiger partial charge in [-0.3, -0.25) is 0 Å². The van der Waals surface area contributed by atoms with Crippen LogP contribution in [-0.4, -0.2) is 30.1 Å². The molecule has 0 aliphatic carbocycles. The zero-order chi connectivity index (χ0) is 12.9. The standard InChI is InChI=1S/C4H10O2.C4H8O.C3H6O/c1-3-4(5)6-2;1-3-4(2)5;1-3(2)4/h4-5H,3H2,1-2H3;3H2,1-2H3;1-2H3. The Bertz CT molecular complexity index is 147. The van der Waals surface area contributed by atoms with E-state index in [-0.39, 0.29) is 11.6 Å². The Labute approximate surface area is 92.6 Å². The van der Waals surface area contributed by atoms with Crippen LogP contribution in [0.5, 0.6) is 0 Å². The Morgan fingerprint density at radius 1 is 1.20 bits per heavy atom. The van der Waals surface area contributed by atoms with Crippen molar-refractivity contribution in [3.8, 4) is 0 Å². The second kappa shape index (κ2) is 15.7. The minimum absolute atomic E-state index is 0.167. The minimum Gasteiger partial charge on any atom is -0.368 e. The highest BCUT2D eigenvalue weighted by atomic mass is 16.6. The largest absolute Gasteiger partial charge is 0.368 e. The molecule has 15 heavy (non-hydrogen) atoms. The van der Waals surface area contributed by atoms with Crippen LogP contribution in [0.15, 0.2) is 0 Å². The molecule has 4 nitrogen and oxygen atoms in total. The highest BCUT2D eigenvalue weighted by Crippen LogP contribution is 1.85. The van der Waals surface area contributed by atoms with Gasteiger partial charge >= 0.3 is 0 Å². The molecule has 0 aromatic heterocycles. The molecule has 0 saturated carbocycles. The Morgan fingerprint density at radius 3 is 1.47 bits per heavy atom. The molecule has 92 valence electrons. The number of ether oxygens (including phenoxy) is 1. The number of carbonyl (C=O) groups excluding carboxylic acids is 2. The topological polar surface area (TPSA) is 63.6 Å². The van der Waals surface area contributed by atoms with E-state index >= 15 is 0 Å². The van der Waals surface area contributed by atoms with Gasteiger partial charge in [-0.05, 0) is 27.2 Å². The summed E-state index contributed by atoms with van der Waals surface area (Å²) in [6.45, 7) is 8.34. The molecule has 0 amide bonds. The highest BCUT2D eigenvalue weighted by Gasteiger charge is 1.90. The SMILES string of the molecule is CC(C)=O.CCC(C)=O.CCC(O)OC. The van der Waals surface area contributed by atoms with E-state index in [4.69, 9.17) is 5.11 Å². The minimum atomic E-state index is -0.565. The van der Waals surface area contributed by atoms with E-state index in [1.54, 1.807) is 6.92 Å². The molecule has 0 spiro atoms. The maximum absolute atomic E-state index is 9.81. The lowest BCUT2D eigenvalue weighted by Gasteiger charge is -2.00. The van der Waals surface area contributed by atoms with Crippen LogP contribution >= 0.6 is 0 Å². The van der Waals surface area contributed by atoms with E-state index < -0.39 is 6.29 Å². The maximum Gasteiger partial charge on any atom is 0.153 e. The summed E-state index contributed by atoms with van der Waals surface area (Å²) in [6, 6.07) is 0. The molecule has 0 radical (unpaired) electrons. The van der Waals surface area contributed by atoms with Crippen LogP contribution in [0.1, 0.15) is 47.5 Å². The summed E-state index contributed by atoms with van der Waals surface area (Å²) in [4.78, 5) is 19.3. The third-order valence-corrected chi connectivity index (χ3v) is 1.12. The third kappa shape index (κ3) is 60.8. The van der Waals surface area contributed by atoms with Gasteiger partial charge in [-0.2, -0.15) is 0 Å². The predicted molar refractivity (Wildman–Crippen MR) is 60.6 cm³/mol. The molecule has 0 saturated heterocycles. The summed E-state index contributed by atoms with van der Waals surface area (Å²) in [5, 5.41) is 8.44. The van der Waals surface area contributed by atoms with Crippen molar-refractivity contribution < 1.29 is 19.4 Å². The first kappa shape index (κ1) is 19.8. The average molecular weight is 220 g/mol. The first-order valence-electron chi connectivity index (χ1n) is 4.99. The third-order valence-electron chi connectivity index (χ3n) is 1.12. The first-order valence-corrected chi connectivity index (χ1v) is 4.99. The fourth-order valence-electron chi connectivity index (χ4n) is 0.167. The Morgan fingerprint density at radius 2 is 1.47 bits per heavy atom. The van der Waals surface area contributed by atoms with E-state index in [2.05, 4.69) is 4.74 Å². The molecule has 1 atom stereocenters. The molecule has 4 heteroatoms. The lowest BCUT2D eigenvalue weighted by Crippen LogP contribution is -2.05. The number of rotatable bonds is 3. The number of methoxy groups -OCH3 is 1. The normalized spacial score (nSPS) is 10.1. The predicted octanol–water partition coefficient (Wildman–Crippen LogP) is 1.94. The van der Waals surface area contributed by atoms with Gasteiger partial charge < -0.3 is 19.4 Å². The lowest BCUT2D eigenvalue weighted by molar-refractivity contribution is -0.117. The number of aliphatic hydroxyl groups is 1. The Balaban J connectivity index is -0.000000147. The van der Waals surface area contributed by atoms with Gasteiger partial charge in [0.15, 0.2) is 6.29 Å². The van der Waals surface area contributed by atoms with Crippen molar-refractivity contribution in [1.82, 2.24) is 0 Å². The molecular formula is C11H24O4. The number of hydrogen-bond donors (Lipinski definition) is 1. The van der Waals surface area contributed by atoms with Crippen molar-refractivity contribution in [2.75, 3.05) is 7.11 Å². The van der Waals surface area contributed by atoms with E-state index in [0.717, 1.165) is 0 Å². The van der Waals surface area contributed by atoms with Crippen LogP contribution in [0.4, 0.5) is 0 Å². The molecule has 0 bridgehead atoms. The van der Waals surface area contributed by atoms with E-state index in [0.29, 0.717) is 12.8 Å². The van der Waals surface area contributed by atoms with Crippen LogP contribution in [0.25, 0.3) is 0 Å². The number of hydrogen-bond acceptors (Lipinski definition) is 4. The second-order valence-electron chi connectivity index (χ2n) is 3.06. The molecular weight excluding hydrogens is 196 g/mol. The summed E-state index contributed by atoms with van der Waals surface area (Å²) in [6.07, 6.45) is 0.765. The molecule has 0 aliphatic rings. The number of aliphatic hydroxyl groups excluding tert-OH is 1. The van der Waals surface area contributed by atoms with Crippen LogP contribution in [0, 0.1) is 0 Å². The van der Waals surface area contributed by atoms with E-state index in [1.807, 2.05) is 13.8 Å². The fraction of sp³-hybridized carbons (Fsp3) is 0.818. The summed E-state index contributed by atoms with van der Waals surface area (Å²) < 4.78 is 4.45. The number of ketones is 2. The van der Waals surface area contributed by atoms with Crippen LogP contribution in [0.3, 0.4) is 0 Å². The van der Waals surface area contributed by atoms with Gasteiger partial charge in [-0.1, -0.05) is 13.8 Å². The van der Waals surface area contributed by atoms with Crippen LogP contribution in [-0.2, 0) is 14.3 Å². The second-order valence-corrected chi connectivity index (χ2v) is 3.06. The quantitative estimate of drug-likeness (QED) is 0.738. The summed E-state index contributed by atoms with van der Waals surface area (Å²) in [5.74, 6) is 0.421. The fourth-order valence-corrected chi connectivity index (χ4v) is 0.167. The van der Waals surface area contributed by atoms with Crippen molar-refractivity contribution in [1.29, 1.82) is 0 Å². The van der Waals surface area contributed by atoms with Crippen molar-refractivity contribution in [2.24, 2.45) is 0 Å². The Hall–Kier alpha value is -0.740. The van der Waals surface area contributed by atoms with Gasteiger partial charge in [0.1, 0.15) is 11.6 Å². The molecule has 0 aliphatic heterocycles. The summed E-state index contributed by atoms with van der Waals surface area (Å²) >= 11 is 0. The van der Waals surface area contributed by atoms with Crippen LogP contribution < -0.4 is 0 Å². The average Bonchev–Trinajstić information content (AvgIpc) is 2.16. The van der Waals surface area contributed by atoms with Crippen molar-refractivity contribution in [2.45, 2.75) is 53.8 Å². The van der Waals surface area contributed by atoms with Gasteiger partial charge in [0.25, 0.3) is 0 Å². The maximum atomic E-state index is 9.81. The molecule has 1 N–H and O–H groups in total. The lowest BCUT2D eigenvalue weighted by atomic mass is 10.4. The van der Waals surface area contributed by atoms with Gasteiger partial charge in [-0.15, -0.1) is 0 Å². The molecule has 0 aromatic rings. The van der Waals surface area contributed by atoms with Crippen molar-refractivity contribution in [3.05, 3.63) is 0 Å². The van der Waals surface area contributed by atoms with Crippen molar-refractivity contribution >= 4 is 11.6 Å². The van der Waals surface area contributed by atoms with Gasteiger partial charge in [0.2, 0.25) is 0 Å². The molecule has 0 heterocycles. The molecule has 0 rings (SSSR count). The van der Waals surface area contributed by atoms with Gasteiger partial charge in [-0.25, -0.2) is 0 Å². The molecule has 0 aromatic carbocycles. The Kier molecular flexibility index (Phi) is 20.7. The summed E-state index contributed by atoms with van der Waals surface area (Å²) in [7, 11) is 1.48. The first-order chi connectivity index (χ1) is 6.81. The number of carbonyl (C=O) groups is 2. The van der Waals surface area contributed by atoms with Gasteiger partial charge in [0, 0.05) is 13.5 Å². The van der Waals surface area contributed by atoms with Gasteiger partial charge in [0.05, 0.1) is 0 Å². The monoisotopic (exact) mass is 220 g/mol. The van der Waals surface area contributed by atoms with E-state index in [1.165, 1.54) is 21.0 Å². The summed E-state index contributed by atoms with van der Waals surface area (Å²) in [5.41, 5.74) is 0.